The summed E-state index contributed by atoms with van der Waals surface area (Å²) < 4.78 is 10.7. The molecule has 0 aliphatic heterocycles. The van der Waals surface area contributed by atoms with Crippen molar-refractivity contribution in [2.24, 2.45) is 0 Å². The van der Waals surface area contributed by atoms with Crippen LogP contribution < -0.4 is 4.74 Å². The van der Waals surface area contributed by atoms with Crippen molar-refractivity contribution in [1.29, 1.82) is 0 Å². The van der Waals surface area contributed by atoms with E-state index in [1.807, 2.05) is 19.1 Å². The normalized spacial score (nSPS) is 12.1. The zero-order valence-corrected chi connectivity index (χ0v) is 10.9. The third-order valence-electron chi connectivity index (χ3n) is 2.68. The van der Waals surface area contributed by atoms with Gasteiger partial charge in [0.15, 0.2) is 0 Å². The van der Waals surface area contributed by atoms with Crippen LogP contribution in [0.2, 0.25) is 0 Å². The number of hydrogen-bond acceptors (Lipinski definition) is 3. The summed E-state index contributed by atoms with van der Waals surface area (Å²) in [4.78, 5) is 10.6. The second-order valence-corrected chi connectivity index (χ2v) is 4.25. The molecule has 0 amide bonds. The summed E-state index contributed by atoms with van der Waals surface area (Å²) >= 11 is 0. The van der Waals surface area contributed by atoms with Crippen molar-refractivity contribution in [2.45, 2.75) is 32.3 Å². The molecular formula is C14H20O4. The highest BCUT2D eigenvalue weighted by molar-refractivity contribution is 5.70. The van der Waals surface area contributed by atoms with Gasteiger partial charge in [0.1, 0.15) is 5.75 Å². The van der Waals surface area contributed by atoms with Crippen LogP contribution in [0, 0.1) is 0 Å². The minimum Gasteiger partial charge on any atom is -0.494 e. The molecule has 1 aromatic carbocycles. The lowest BCUT2D eigenvalue weighted by Crippen LogP contribution is -2.07. The fourth-order valence-electron chi connectivity index (χ4n) is 1.60. The van der Waals surface area contributed by atoms with Crippen molar-refractivity contribution in [3.8, 4) is 5.75 Å². The molecule has 0 saturated carbocycles. The van der Waals surface area contributed by atoms with E-state index in [-0.39, 0.29) is 12.5 Å². The Labute approximate surface area is 108 Å². The van der Waals surface area contributed by atoms with Crippen LogP contribution in [-0.2, 0) is 16.0 Å². The minimum absolute atomic E-state index is 0.0257. The highest BCUT2D eigenvalue weighted by Gasteiger charge is 2.03. The standard InChI is InChI=1S/C14H20O4/c1-11(17-2)5-4-8-18-13-7-3-6-12(9-13)10-14(15)16/h3,6-7,9,11H,4-5,8,10H2,1-2H3,(H,15,16). The highest BCUT2D eigenvalue weighted by atomic mass is 16.5. The first-order chi connectivity index (χ1) is 8.61. The van der Waals surface area contributed by atoms with E-state index in [0.717, 1.165) is 24.2 Å². The molecule has 0 fully saturated rings. The van der Waals surface area contributed by atoms with Gasteiger partial charge >= 0.3 is 5.97 Å². The van der Waals surface area contributed by atoms with Crippen LogP contribution in [0.25, 0.3) is 0 Å². The maximum absolute atomic E-state index is 10.6. The number of carbonyl (C=O) groups is 1. The maximum Gasteiger partial charge on any atom is 0.307 e. The molecule has 0 heterocycles. The first-order valence-corrected chi connectivity index (χ1v) is 6.08. The van der Waals surface area contributed by atoms with Crippen LogP contribution in [-0.4, -0.2) is 30.9 Å². The molecule has 0 aliphatic carbocycles. The van der Waals surface area contributed by atoms with Crippen LogP contribution in [0.15, 0.2) is 24.3 Å². The Bertz CT molecular complexity index is 376. The Morgan fingerprint density at radius 3 is 2.89 bits per heavy atom. The summed E-state index contributed by atoms with van der Waals surface area (Å²) in [7, 11) is 1.70. The molecule has 0 radical (unpaired) electrons. The molecule has 1 aromatic rings. The number of carboxylic acid groups (broad SMARTS) is 1. The second kappa shape index (κ2) is 7.71. The lowest BCUT2D eigenvalue weighted by molar-refractivity contribution is -0.136. The average molecular weight is 252 g/mol. The van der Waals surface area contributed by atoms with E-state index in [1.165, 1.54) is 0 Å². The maximum atomic E-state index is 10.6. The van der Waals surface area contributed by atoms with Gasteiger partial charge in [-0.3, -0.25) is 4.79 Å². The van der Waals surface area contributed by atoms with E-state index in [2.05, 4.69) is 0 Å². The van der Waals surface area contributed by atoms with Gasteiger partial charge in [-0.1, -0.05) is 12.1 Å². The van der Waals surface area contributed by atoms with Crippen LogP contribution in [0.3, 0.4) is 0 Å². The Balaban J connectivity index is 2.35. The Kier molecular flexibility index (Phi) is 6.22. The zero-order valence-electron chi connectivity index (χ0n) is 10.9. The van der Waals surface area contributed by atoms with Crippen molar-refractivity contribution in [3.63, 3.8) is 0 Å². The molecule has 4 heteroatoms. The van der Waals surface area contributed by atoms with Gasteiger partial charge in [-0.05, 0) is 37.5 Å². The number of aliphatic carboxylic acids is 1. The number of rotatable bonds is 8. The minimum atomic E-state index is -0.832. The van der Waals surface area contributed by atoms with Gasteiger partial charge < -0.3 is 14.6 Å². The molecule has 0 saturated heterocycles. The predicted octanol–water partition coefficient (Wildman–Crippen LogP) is 2.51. The lowest BCUT2D eigenvalue weighted by atomic mass is 10.1. The fraction of sp³-hybridized carbons (Fsp3) is 0.500. The topological polar surface area (TPSA) is 55.8 Å². The molecule has 1 rings (SSSR count). The lowest BCUT2D eigenvalue weighted by Gasteiger charge is -2.10. The number of methoxy groups -OCH3 is 1. The first kappa shape index (κ1) is 14.5. The summed E-state index contributed by atoms with van der Waals surface area (Å²) in [5, 5.41) is 8.71. The summed E-state index contributed by atoms with van der Waals surface area (Å²) in [6.07, 6.45) is 2.13. The largest absolute Gasteiger partial charge is 0.494 e. The summed E-state index contributed by atoms with van der Waals surface area (Å²) in [6.45, 7) is 2.64. The van der Waals surface area contributed by atoms with E-state index in [1.54, 1.807) is 19.2 Å². The Hall–Kier alpha value is -1.55. The molecular weight excluding hydrogens is 232 g/mol. The molecule has 1 atom stereocenters. The molecule has 0 aromatic heterocycles. The van der Waals surface area contributed by atoms with Gasteiger partial charge in [0.2, 0.25) is 0 Å². The van der Waals surface area contributed by atoms with Crippen LogP contribution in [0.1, 0.15) is 25.3 Å². The third-order valence-corrected chi connectivity index (χ3v) is 2.68. The molecule has 1 N–H and O–H groups in total. The smallest absolute Gasteiger partial charge is 0.307 e. The fourth-order valence-corrected chi connectivity index (χ4v) is 1.60. The number of carboxylic acids is 1. The van der Waals surface area contributed by atoms with E-state index in [4.69, 9.17) is 14.6 Å². The van der Waals surface area contributed by atoms with E-state index in [0.29, 0.717) is 6.61 Å². The number of hydrogen-bond donors (Lipinski definition) is 1. The molecule has 0 bridgehead atoms. The molecule has 4 nitrogen and oxygen atoms in total. The van der Waals surface area contributed by atoms with Crippen molar-refractivity contribution < 1.29 is 19.4 Å². The molecule has 1 unspecified atom stereocenters. The second-order valence-electron chi connectivity index (χ2n) is 4.25. The van der Waals surface area contributed by atoms with E-state index < -0.39 is 5.97 Å². The zero-order chi connectivity index (χ0) is 13.4. The number of benzene rings is 1. The van der Waals surface area contributed by atoms with Gasteiger partial charge in [0, 0.05) is 7.11 Å². The summed E-state index contributed by atoms with van der Waals surface area (Å²) in [6, 6.07) is 7.21. The SMILES string of the molecule is COC(C)CCCOc1cccc(CC(=O)O)c1. The van der Waals surface area contributed by atoms with Crippen molar-refractivity contribution >= 4 is 5.97 Å². The van der Waals surface area contributed by atoms with Crippen LogP contribution in [0.5, 0.6) is 5.75 Å². The van der Waals surface area contributed by atoms with Crippen molar-refractivity contribution in [3.05, 3.63) is 29.8 Å². The van der Waals surface area contributed by atoms with Gasteiger partial charge in [0.25, 0.3) is 0 Å². The average Bonchev–Trinajstić information content (AvgIpc) is 2.34. The molecule has 0 spiro atoms. The van der Waals surface area contributed by atoms with E-state index >= 15 is 0 Å². The van der Waals surface area contributed by atoms with Crippen molar-refractivity contribution in [2.75, 3.05) is 13.7 Å². The van der Waals surface area contributed by atoms with Gasteiger partial charge in [0.05, 0.1) is 19.1 Å². The quantitative estimate of drug-likeness (QED) is 0.722. The Morgan fingerprint density at radius 1 is 1.44 bits per heavy atom. The van der Waals surface area contributed by atoms with E-state index in [9.17, 15) is 4.79 Å². The van der Waals surface area contributed by atoms with Crippen LogP contribution in [0.4, 0.5) is 0 Å². The predicted molar refractivity (Wildman–Crippen MR) is 69.0 cm³/mol. The highest BCUT2D eigenvalue weighted by Crippen LogP contribution is 2.14. The monoisotopic (exact) mass is 252 g/mol. The van der Waals surface area contributed by atoms with Gasteiger partial charge in [-0.2, -0.15) is 0 Å². The number of ether oxygens (including phenoxy) is 2. The van der Waals surface area contributed by atoms with Gasteiger partial charge in [-0.25, -0.2) is 0 Å². The first-order valence-electron chi connectivity index (χ1n) is 6.08. The van der Waals surface area contributed by atoms with Gasteiger partial charge in [-0.15, -0.1) is 0 Å². The molecule has 0 aliphatic rings. The third kappa shape index (κ3) is 5.68. The molecule has 100 valence electrons. The molecule has 18 heavy (non-hydrogen) atoms. The van der Waals surface area contributed by atoms with Crippen LogP contribution >= 0.6 is 0 Å². The van der Waals surface area contributed by atoms with Crippen molar-refractivity contribution in [1.82, 2.24) is 0 Å². The summed E-state index contributed by atoms with van der Waals surface area (Å²) in [5.41, 5.74) is 0.755. The summed E-state index contributed by atoms with van der Waals surface area (Å²) in [5.74, 6) is -0.111. The Morgan fingerprint density at radius 2 is 2.22 bits per heavy atom.